The third-order valence-corrected chi connectivity index (χ3v) is 3.07. The molecule has 6 heteroatoms. The van der Waals surface area contributed by atoms with Gasteiger partial charge in [-0.1, -0.05) is 6.07 Å². The van der Waals surface area contributed by atoms with E-state index >= 15 is 0 Å². The molecule has 0 amide bonds. The number of aryl methyl sites for hydroxylation is 2. The molecule has 1 aromatic carbocycles. The van der Waals surface area contributed by atoms with Crippen molar-refractivity contribution >= 4 is 5.97 Å². The van der Waals surface area contributed by atoms with Crippen LogP contribution in [0.5, 0.6) is 0 Å². The Labute approximate surface area is 120 Å². The molecule has 0 fully saturated rings. The summed E-state index contributed by atoms with van der Waals surface area (Å²) < 4.78 is 35.9. The Hall–Kier alpha value is -2.24. The summed E-state index contributed by atoms with van der Waals surface area (Å²) in [5.74, 6) is -1.49. The molecule has 112 valence electrons. The zero-order valence-electron chi connectivity index (χ0n) is 11.9. The van der Waals surface area contributed by atoms with Crippen molar-refractivity contribution in [2.75, 3.05) is 6.61 Å². The average molecular weight is 295 g/mol. The fourth-order valence-corrected chi connectivity index (χ4v) is 1.82. The normalized spacial score (nSPS) is 11.0. The number of hydrogen-bond donors (Lipinski definition) is 0. The molecule has 0 spiro atoms. The van der Waals surface area contributed by atoms with Crippen molar-refractivity contribution in [2.45, 2.75) is 27.2 Å². The number of alkyl halides is 2. The maximum absolute atomic E-state index is 13.0. The van der Waals surface area contributed by atoms with Gasteiger partial charge < -0.3 is 9.15 Å². The Balaban J connectivity index is 2.48. The molecule has 0 aliphatic rings. The Morgan fingerprint density at radius 3 is 2.62 bits per heavy atom. The molecule has 0 unspecified atom stereocenters. The van der Waals surface area contributed by atoms with E-state index in [-0.39, 0.29) is 12.5 Å². The Kier molecular flexibility index (Phi) is 4.35. The van der Waals surface area contributed by atoms with Gasteiger partial charge in [0.15, 0.2) is 5.69 Å². The van der Waals surface area contributed by atoms with E-state index in [0.717, 1.165) is 11.1 Å². The van der Waals surface area contributed by atoms with Gasteiger partial charge in [-0.25, -0.2) is 18.6 Å². The minimum Gasteiger partial charge on any atom is -0.460 e. The molecular weight excluding hydrogens is 280 g/mol. The first-order valence-corrected chi connectivity index (χ1v) is 6.47. The average Bonchev–Trinajstić information content (AvgIpc) is 2.87. The van der Waals surface area contributed by atoms with Crippen molar-refractivity contribution in [3.63, 3.8) is 0 Å². The van der Waals surface area contributed by atoms with Crippen LogP contribution in [0.15, 0.2) is 22.6 Å². The van der Waals surface area contributed by atoms with E-state index in [0.29, 0.717) is 5.56 Å². The topological polar surface area (TPSA) is 52.3 Å². The van der Waals surface area contributed by atoms with Crippen LogP contribution >= 0.6 is 0 Å². The number of oxazole rings is 1. The number of hydrogen-bond acceptors (Lipinski definition) is 4. The molecule has 21 heavy (non-hydrogen) atoms. The van der Waals surface area contributed by atoms with Crippen LogP contribution in [-0.4, -0.2) is 17.6 Å². The van der Waals surface area contributed by atoms with Gasteiger partial charge in [-0.15, -0.1) is 0 Å². The minimum atomic E-state index is -2.91. The van der Waals surface area contributed by atoms with Crippen LogP contribution in [0.3, 0.4) is 0 Å². The van der Waals surface area contributed by atoms with Crippen LogP contribution in [0.2, 0.25) is 0 Å². The van der Waals surface area contributed by atoms with Crippen molar-refractivity contribution in [1.82, 2.24) is 4.98 Å². The van der Waals surface area contributed by atoms with Crippen LogP contribution in [0.4, 0.5) is 8.78 Å². The van der Waals surface area contributed by atoms with Crippen LogP contribution < -0.4 is 0 Å². The Bertz CT molecular complexity index is 665. The highest BCUT2D eigenvalue weighted by Crippen LogP contribution is 2.29. The maximum Gasteiger partial charge on any atom is 0.376 e. The Morgan fingerprint density at radius 2 is 2.05 bits per heavy atom. The summed E-state index contributed by atoms with van der Waals surface area (Å²) in [5.41, 5.74) is 1.88. The summed E-state index contributed by atoms with van der Waals surface area (Å²) in [7, 11) is 0. The largest absolute Gasteiger partial charge is 0.460 e. The van der Waals surface area contributed by atoms with Gasteiger partial charge in [0.25, 0.3) is 6.43 Å². The monoisotopic (exact) mass is 295 g/mol. The quantitative estimate of drug-likeness (QED) is 0.798. The molecule has 0 saturated carbocycles. The Morgan fingerprint density at radius 1 is 1.33 bits per heavy atom. The van der Waals surface area contributed by atoms with Gasteiger partial charge in [0.2, 0.25) is 11.7 Å². The second-order valence-electron chi connectivity index (χ2n) is 4.55. The summed E-state index contributed by atoms with van der Waals surface area (Å²) in [6.45, 7) is 5.48. The number of nitrogens with zero attached hydrogens (tertiary/aromatic N) is 1. The highest BCUT2D eigenvalue weighted by molar-refractivity contribution is 5.88. The first-order valence-electron chi connectivity index (χ1n) is 6.47. The zero-order chi connectivity index (χ0) is 15.6. The molecule has 2 rings (SSSR count). The van der Waals surface area contributed by atoms with Crippen LogP contribution in [0.1, 0.15) is 40.7 Å². The van der Waals surface area contributed by atoms with Crippen molar-refractivity contribution < 1.29 is 22.7 Å². The summed E-state index contributed by atoms with van der Waals surface area (Å²) in [6.07, 6.45) is -2.91. The molecule has 1 aromatic heterocycles. The minimum absolute atomic E-state index is 0.0172. The smallest absolute Gasteiger partial charge is 0.376 e. The van der Waals surface area contributed by atoms with Gasteiger partial charge in [-0.2, -0.15) is 0 Å². The third kappa shape index (κ3) is 3.09. The number of benzene rings is 1. The second-order valence-corrected chi connectivity index (χ2v) is 4.55. The highest BCUT2D eigenvalue weighted by atomic mass is 19.3. The molecular formula is C15H15F2NO3. The van der Waals surface area contributed by atoms with E-state index in [9.17, 15) is 13.6 Å². The number of carbonyl (C=O) groups excluding carboxylic acids is 1. The zero-order valence-corrected chi connectivity index (χ0v) is 11.9. The van der Waals surface area contributed by atoms with Gasteiger partial charge in [0.1, 0.15) is 0 Å². The number of ether oxygens (including phenoxy) is 1. The lowest BCUT2D eigenvalue weighted by molar-refractivity contribution is 0.0476. The second kappa shape index (κ2) is 6.03. The highest BCUT2D eigenvalue weighted by Gasteiger charge is 2.28. The molecule has 0 saturated heterocycles. The molecule has 0 radical (unpaired) electrons. The van der Waals surface area contributed by atoms with Crippen molar-refractivity contribution in [1.29, 1.82) is 0 Å². The summed E-state index contributed by atoms with van der Waals surface area (Å²) in [5, 5.41) is 0. The lowest BCUT2D eigenvalue weighted by atomic mass is 10.1. The molecule has 2 aromatic rings. The van der Waals surface area contributed by atoms with Crippen molar-refractivity contribution in [3.8, 4) is 11.5 Å². The summed E-state index contributed by atoms with van der Waals surface area (Å²) in [4.78, 5) is 15.4. The fourth-order valence-electron chi connectivity index (χ4n) is 1.82. The molecule has 0 atom stereocenters. The van der Waals surface area contributed by atoms with Gasteiger partial charge in [-0.05, 0) is 44.0 Å². The van der Waals surface area contributed by atoms with Crippen molar-refractivity contribution in [3.05, 3.63) is 40.8 Å². The first-order chi connectivity index (χ1) is 9.93. The van der Waals surface area contributed by atoms with E-state index < -0.39 is 23.8 Å². The van der Waals surface area contributed by atoms with Gasteiger partial charge in [0, 0.05) is 5.56 Å². The molecule has 1 heterocycles. The van der Waals surface area contributed by atoms with Gasteiger partial charge in [0.05, 0.1) is 6.61 Å². The van der Waals surface area contributed by atoms with Gasteiger partial charge in [-0.3, -0.25) is 0 Å². The molecule has 0 aliphatic heterocycles. The van der Waals surface area contributed by atoms with Crippen LogP contribution in [0.25, 0.3) is 11.5 Å². The van der Waals surface area contributed by atoms with Crippen LogP contribution in [-0.2, 0) is 4.74 Å². The predicted octanol–water partition coefficient (Wildman–Crippen LogP) is 4.07. The number of rotatable bonds is 4. The summed E-state index contributed by atoms with van der Waals surface area (Å²) in [6, 6.07) is 5.31. The SMILES string of the molecule is CCOC(=O)c1oc(-c2ccc(C)c(C)c2)nc1C(F)F. The lowest BCUT2D eigenvalue weighted by Crippen LogP contribution is -2.06. The van der Waals surface area contributed by atoms with Gasteiger partial charge >= 0.3 is 5.97 Å². The predicted molar refractivity (Wildman–Crippen MR) is 72.3 cm³/mol. The third-order valence-electron chi connectivity index (χ3n) is 3.07. The first kappa shape index (κ1) is 15.2. The molecule has 0 aliphatic carbocycles. The number of halogens is 2. The number of carbonyl (C=O) groups is 1. The van der Waals surface area contributed by atoms with E-state index in [4.69, 9.17) is 9.15 Å². The number of esters is 1. The molecule has 0 N–H and O–H groups in total. The van der Waals surface area contributed by atoms with Crippen LogP contribution in [0, 0.1) is 13.8 Å². The number of aromatic nitrogens is 1. The standard InChI is InChI=1S/C15H15F2NO3/c1-4-20-15(19)12-11(13(16)17)18-14(21-12)10-6-5-8(2)9(3)7-10/h5-7,13H,4H2,1-3H3. The summed E-state index contributed by atoms with van der Waals surface area (Å²) >= 11 is 0. The molecule has 0 bridgehead atoms. The maximum atomic E-state index is 13.0. The van der Waals surface area contributed by atoms with E-state index in [2.05, 4.69) is 4.98 Å². The van der Waals surface area contributed by atoms with Crippen molar-refractivity contribution in [2.24, 2.45) is 0 Å². The van der Waals surface area contributed by atoms with E-state index in [1.807, 2.05) is 19.9 Å². The fraction of sp³-hybridized carbons (Fsp3) is 0.333. The molecule has 4 nitrogen and oxygen atoms in total. The van der Waals surface area contributed by atoms with E-state index in [1.54, 1.807) is 19.1 Å². The van der Waals surface area contributed by atoms with E-state index in [1.165, 1.54) is 0 Å². The lowest BCUT2D eigenvalue weighted by Gasteiger charge is -2.01.